The Bertz CT molecular complexity index is 1610. The van der Waals surface area contributed by atoms with Crippen LogP contribution in [-0.4, -0.2) is 71.7 Å². The van der Waals surface area contributed by atoms with Crippen LogP contribution in [0.3, 0.4) is 0 Å². The van der Waals surface area contributed by atoms with Crippen molar-refractivity contribution in [2.75, 3.05) is 57.3 Å². The lowest BCUT2D eigenvalue weighted by molar-refractivity contribution is -0.137. The number of halogens is 4. The average molecular weight is 682 g/mol. The summed E-state index contributed by atoms with van der Waals surface area (Å²) in [5, 5.41) is 0.693. The summed E-state index contributed by atoms with van der Waals surface area (Å²) in [6.07, 6.45) is 2.80. The van der Waals surface area contributed by atoms with Crippen LogP contribution >= 0.6 is 11.6 Å². The zero-order valence-electron chi connectivity index (χ0n) is 27.9. The highest BCUT2D eigenvalue weighted by molar-refractivity contribution is 6.30. The number of rotatable bonds is 13. The third kappa shape index (κ3) is 8.84. The van der Waals surface area contributed by atoms with E-state index in [0.29, 0.717) is 30.4 Å². The summed E-state index contributed by atoms with van der Waals surface area (Å²) in [4.78, 5) is 11.9. The van der Waals surface area contributed by atoms with Gasteiger partial charge in [-0.25, -0.2) is 4.98 Å². The molecule has 0 aliphatic carbocycles. The molecule has 0 saturated carbocycles. The molecule has 6 nitrogen and oxygen atoms in total. The Hall–Kier alpha value is -3.27. The predicted molar refractivity (Wildman–Crippen MR) is 188 cm³/mol. The number of likely N-dealkylation sites (tertiary alicyclic amines) is 1. The van der Waals surface area contributed by atoms with Gasteiger partial charge < -0.3 is 19.1 Å². The van der Waals surface area contributed by atoms with E-state index in [1.807, 2.05) is 29.2 Å². The largest absolute Gasteiger partial charge is 0.486 e. The molecule has 48 heavy (non-hydrogen) atoms. The molecule has 2 fully saturated rings. The van der Waals surface area contributed by atoms with Crippen molar-refractivity contribution >= 4 is 28.3 Å². The summed E-state index contributed by atoms with van der Waals surface area (Å²) in [5.41, 5.74) is 3.18. The second-order valence-corrected chi connectivity index (χ2v) is 13.8. The molecule has 4 aromatic rings. The first-order chi connectivity index (χ1) is 23.2. The molecule has 3 aromatic carbocycles. The molecule has 10 heteroatoms. The highest BCUT2D eigenvalue weighted by atomic mass is 35.5. The second-order valence-electron chi connectivity index (χ2n) is 13.3. The van der Waals surface area contributed by atoms with Gasteiger partial charge in [0.1, 0.15) is 18.2 Å². The Morgan fingerprint density at radius 2 is 1.48 bits per heavy atom. The number of fused-ring (bicyclic) bond motifs is 1. The Kier molecular flexibility index (Phi) is 11.5. The summed E-state index contributed by atoms with van der Waals surface area (Å²) >= 11 is 6.04. The Morgan fingerprint density at radius 1 is 0.792 bits per heavy atom. The summed E-state index contributed by atoms with van der Waals surface area (Å²) in [5.74, 6) is 2.50. The molecule has 2 aliphatic heterocycles. The van der Waals surface area contributed by atoms with Crippen LogP contribution in [0.4, 0.5) is 18.9 Å². The number of imidazole rings is 1. The van der Waals surface area contributed by atoms with E-state index in [-0.39, 0.29) is 0 Å². The van der Waals surface area contributed by atoms with Crippen LogP contribution in [0.25, 0.3) is 11.0 Å². The first-order valence-corrected chi connectivity index (χ1v) is 17.8. The Labute approximate surface area is 287 Å². The number of benzene rings is 3. The Balaban J connectivity index is 0.890. The maximum Gasteiger partial charge on any atom is 0.418 e. The fourth-order valence-corrected chi connectivity index (χ4v) is 7.41. The average Bonchev–Trinajstić information content (AvgIpc) is 3.45. The minimum Gasteiger partial charge on any atom is -0.486 e. The first kappa shape index (κ1) is 34.6. The van der Waals surface area contributed by atoms with Gasteiger partial charge >= 0.3 is 6.18 Å². The lowest BCUT2D eigenvalue weighted by Crippen LogP contribution is -2.47. The third-order valence-electron chi connectivity index (χ3n) is 10.1. The van der Waals surface area contributed by atoms with Crippen molar-refractivity contribution in [2.45, 2.75) is 64.8 Å². The van der Waals surface area contributed by atoms with E-state index >= 15 is 0 Å². The highest BCUT2D eigenvalue weighted by Crippen LogP contribution is 2.36. The number of alkyl halides is 3. The molecule has 0 radical (unpaired) electrons. The number of hydrogen-bond donors (Lipinski definition) is 0. The smallest absolute Gasteiger partial charge is 0.418 e. The normalized spacial score (nSPS) is 17.0. The predicted octanol–water partition coefficient (Wildman–Crippen LogP) is 8.69. The van der Waals surface area contributed by atoms with Crippen molar-refractivity contribution in [3.05, 3.63) is 88.7 Å². The van der Waals surface area contributed by atoms with Crippen molar-refractivity contribution in [3.63, 3.8) is 0 Å². The minimum absolute atomic E-state index is 0.308. The van der Waals surface area contributed by atoms with Crippen LogP contribution < -0.4 is 9.64 Å². The molecule has 258 valence electrons. The number of anilines is 1. The molecule has 6 rings (SSSR count). The van der Waals surface area contributed by atoms with Crippen LogP contribution in [-0.2, 0) is 19.3 Å². The quantitative estimate of drug-likeness (QED) is 0.132. The Morgan fingerprint density at radius 3 is 2.19 bits per heavy atom. The van der Waals surface area contributed by atoms with Crippen molar-refractivity contribution in [2.24, 2.45) is 5.92 Å². The summed E-state index contributed by atoms with van der Waals surface area (Å²) in [6.45, 7) is 10.8. The minimum atomic E-state index is -4.32. The van der Waals surface area contributed by atoms with Crippen LogP contribution in [0.1, 0.15) is 55.5 Å². The van der Waals surface area contributed by atoms with E-state index in [0.717, 1.165) is 88.1 Å². The third-order valence-corrected chi connectivity index (χ3v) is 10.3. The summed E-state index contributed by atoms with van der Waals surface area (Å²) in [6, 6.07) is 19.8. The molecular formula is C38H47ClF3N5O. The summed E-state index contributed by atoms with van der Waals surface area (Å²) in [7, 11) is 0. The van der Waals surface area contributed by atoms with E-state index < -0.39 is 11.7 Å². The standard InChI is InChI=1S/C38H47ClF3N5O/c1-29-8-6-12-35-37(29)43-36(28-48-32-15-13-31(39)14-16-32)47(35)21-7-9-30-17-22-44(23-18-30)19-4-5-20-45-24-26-46(27-25-45)34-11-3-2-10-33(34)38(40,41)42/h2-3,6,8,10-16,30H,4-5,7,9,17-28H2,1H3. The van der Waals surface area contributed by atoms with Crippen molar-refractivity contribution in [3.8, 4) is 5.75 Å². The number of aryl methyl sites for hydroxylation is 2. The maximum atomic E-state index is 13.5. The van der Waals surface area contributed by atoms with Crippen LogP contribution in [0.15, 0.2) is 66.7 Å². The molecule has 3 heterocycles. The molecule has 0 bridgehead atoms. The van der Waals surface area contributed by atoms with E-state index in [2.05, 4.69) is 39.5 Å². The van der Waals surface area contributed by atoms with Crippen molar-refractivity contribution < 1.29 is 17.9 Å². The van der Waals surface area contributed by atoms with E-state index in [9.17, 15) is 13.2 Å². The topological polar surface area (TPSA) is 36.8 Å². The van der Waals surface area contributed by atoms with Gasteiger partial charge in [0.05, 0.1) is 16.6 Å². The van der Waals surface area contributed by atoms with Gasteiger partial charge in [-0.1, -0.05) is 35.9 Å². The van der Waals surface area contributed by atoms with Gasteiger partial charge in [0.15, 0.2) is 0 Å². The fourth-order valence-electron chi connectivity index (χ4n) is 7.28. The van der Waals surface area contributed by atoms with Gasteiger partial charge in [0.2, 0.25) is 0 Å². The summed E-state index contributed by atoms with van der Waals surface area (Å²) < 4.78 is 48.8. The van der Waals surface area contributed by atoms with Gasteiger partial charge in [-0.3, -0.25) is 4.90 Å². The number of hydrogen-bond acceptors (Lipinski definition) is 5. The second kappa shape index (κ2) is 16.0. The zero-order valence-corrected chi connectivity index (χ0v) is 28.7. The number of piperazine rings is 1. The van der Waals surface area contributed by atoms with Gasteiger partial charge in [-0.05, 0) is 126 Å². The maximum absolute atomic E-state index is 13.5. The van der Waals surface area contributed by atoms with Crippen molar-refractivity contribution in [1.82, 2.24) is 19.4 Å². The fraction of sp³-hybridized carbons (Fsp3) is 0.500. The van der Waals surface area contributed by atoms with Crippen LogP contribution in [0.2, 0.25) is 5.02 Å². The van der Waals surface area contributed by atoms with Crippen molar-refractivity contribution in [1.29, 1.82) is 0 Å². The van der Waals surface area contributed by atoms with E-state index in [1.165, 1.54) is 42.5 Å². The van der Waals surface area contributed by atoms with Gasteiger partial charge in [0, 0.05) is 43.4 Å². The molecular weight excluding hydrogens is 635 g/mol. The molecule has 2 aliphatic rings. The number of piperidine rings is 1. The SMILES string of the molecule is Cc1cccc2c1nc(COc1ccc(Cl)cc1)n2CCCC1CCN(CCCCN2CCN(c3ccccc3C(F)(F)F)CC2)CC1. The van der Waals surface area contributed by atoms with E-state index in [1.54, 1.807) is 12.1 Å². The van der Waals surface area contributed by atoms with Crippen LogP contribution in [0.5, 0.6) is 5.75 Å². The van der Waals surface area contributed by atoms with Crippen LogP contribution in [0, 0.1) is 12.8 Å². The molecule has 0 atom stereocenters. The molecule has 1 aromatic heterocycles. The zero-order chi connectivity index (χ0) is 33.5. The molecule has 2 saturated heterocycles. The lowest BCUT2D eigenvalue weighted by atomic mass is 9.92. The number of unbranched alkanes of at least 4 members (excludes halogenated alkanes) is 1. The molecule has 0 spiro atoms. The highest BCUT2D eigenvalue weighted by Gasteiger charge is 2.35. The van der Waals surface area contributed by atoms with E-state index in [4.69, 9.17) is 21.3 Å². The molecule has 0 N–H and O–H groups in total. The molecule has 0 unspecified atom stereocenters. The lowest BCUT2D eigenvalue weighted by Gasteiger charge is -2.37. The number of ether oxygens (including phenoxy) is 1. The number of nitrogens with zero attached hydrogens (tertiary/aromatic N) is 5. The number of aromatic nitrogens is 2. The van der Waals surface area contributed by atoms with Gasteiger partial charge in [-0.2, -0.15) is 13.2 Å². The van der Waals surface area contributed by atoms with Gasteiger partial charge in [-0.15, -0.1) is 0 Å². The first-order valence-electron chi connectivity index (χ1n) is 17.4. The van der Waals surface area contributed by atoms with Gasteiger partial charge in [0.25, 0.3) is 0 Å². The monoisotopic (exact) mass is 681 g/mol. The number of para-hydroxylation sites is 2. The molecule has 0 amide bonds.